The first kappa shape index (κ1) is 12.3. The number of rotatable bonds is 2. The molecule has 0 unspecified atom stereocenters. The molecule has 0 atom stereocenters. The number of thiazole rings is 1. The fraction of sp³-hybridized carbons (Fsp3) is 0. The van der Waals surface area contributed by atoms with Gasteiger partial charge in [0.25, 0.3) is 0 Å². The molecule has 21 heavy (non-hydrogen) atoms. The van der Waals surface area contributed by atoms with Crippen LogP contribution in [0.3, 0.4) is 0 Å². The Bertz CT molecular complexity index is 925. The van der Waals surface area contributed by atoms with E-state index in [4.69, 9.17) is 5.21 Å². The van der Waals surface area contributed by atoms with Gasteiger partial charge in [0.05, 0.1) is 22.4 Å². The second-order valence-corrected chi connectivity index (χ2v) is 5.50. The van der Waals surface area contributed by atoms with Crippen LogP contribution in [0.2, 0.25) is 0 Å². The molecular weight excluding hydrogens is 286 g/mol. The summed E-state index contributed by atoms with van der Waals surface area (Å²) in [6, 6.07) is 14.8. The summed E-state index contributed by atoms with van der Waals surface area (Å²) in [4.78, 5) is 5.52. The van der Waals surface area contributed by atoms with E-state index in [9.17, 15) is 5.21 Å². The van der Waals surface area contributed by atoms with E-state index in [0.717, 1.165) is 27.3 Å². The second kappa shape index (κ2) is 4.56. The maximum atomic E-state index is 10.8. The first-order chi connectivity index (χ1) is 10.2. The molecule has 5 nitrogen and oxygen atoms in total. The molecule has 104 valence electrons. The smallest absolute Gasteiger partial charge is 0.195 e. The molecule has 0 amide bonds. The molecule has 1 N–H and O–H groups in total. The summed E-state index contributed by atoms with van der Waals surface area (Å²) in [6.45, 7) is 0. The number of hydrogen-bond donors (Lipinski definition) is 1. The fourth-order valence-electron chi connectivity index (χ4n) is 2.43. The molecule has 0 spiro atoms. The Labute approximate surface area is 123 Å². The van der Waals surface area contributed by atoms with Crippen molar-refractivity contribution in [2.75, 3.05) is 5.23 Å². The maximum Gasteiger partial charge on any atom is 0.195 e. The normalized spacial score (nSPS) is 11.3. The minimum atomic E-state index is -0.139. The highest BCUT2D eigenvalue weighted by Crippen LogP contribution is 2.30. The van der Waals surface area contributed by atoms with Crippen molar-refractivity contribution >= 4 is 33.0 Å². The van der Waals surface area contributed by atoms with Crippen molar-refractivity contribution in [1.29, 1.82) is 0 Å². The van der Waals surface area contributed by atoms with Crippen LogP contribution in [0.1, 0.15) is 0 Å². The van der Waals surface area contributed by atoms with Gasteiger partial charge in [-0.15, -0.1) is 11.3 Å². The van der Waals surface area contributed by atoms with Crippen molar-refractivity contribution in [1.82, 2.24) is 9.38 Å². The number of para-hydroxylation sites is 2. The van der Waals surface area contributed by atoms with E-state index >= 15 is 0 Å². The highest BCUT2D eigenvalue weighted by atomic mass is 32.1. The van der Waals surface area contributed by atoms with Crippen LogP contribution in [0.4, 0.5) is 5.69 Å². The van der Waals surface area contributed by atoms with Gasteiger partial charge in [0, 0.05) is 5.38 Å². The van der Waals surface area contributed by atoms with Gasteiger partial charge >= 0.3 is 0 Å². The Hall–Kier alpha value is -2.41. The van der Waals surface area contributed by atoms with Gasteiger partial charge in [0.1, 0.15) is 0 Å². The standard InChI is InChI=1S/C15H10N3O2S/c19-18(20)11-7-5-10(6-8-11)14-9-21-15-16-12-3-1-2-4-13(12)17(14)15/h1-9,19H/q-1. The Balaban J connectivity index is 1.93. The number of benzene rings is 2. The Kier molecular flexibility index (Phi) is 2.68. The summed E-state index contributed by atoms with van der Waals surface area (Å²) in [6.07, 6.45) is 0. The minimum Gasteiger partial charge on any atom is -0.733 e. The molecule has 2 aromatic carbocycles. The van der Waals surface area contributed by atoms with Crippen molar-refractivity contribution in [3.63, 3.8) is 0 Å². The van der Waals surface area contributed by atoms with E-state index in [0.29, 0.717) is 0 Å². The minimum absolute atomic E-state index is 0.139. The lowest BCUT2D eigenvalue weighted by molar-refractivity contribution is 0.296. The topological polar surface area (TPSA) is 63.8 Å². The predicted octanol–water partition coefficient (Wildman–Crippen LogP) is 3.91. The molecule has 2 heterocycles. The quantitative estimate of drug-likeness (QED) is 0.570. The first-order valence-corrected chi connectivity index (χ1v) is 7.23. The number of aromatic nitrogens is 2. The lowest BCUT2D eigenvalue weighted by Crippen LogP contribution is -2.06. The fourth-order valence-corrected chi connectivity index (χ4v) is 3.35. The first-order valence-electron chi connectivity index (χ1n) is 6.35. The SMILES string of the molecule is [O-]N(O)c1ccc(-c2csc3nc4ccccc4n23)cc1. The van der Waals surface area contributed by atoms with E-state index in [1.807, 2.05) is 41.8 Å². The summed E-state index contributed by atoms with van der Waals surface area (Å²) < 4.78 is 2.10. The average molecular weight is 296 g/mol. The summed E-state index contributed by atoms with van der Waals surface area (Å²) in [7, 11) is 0. The summed E-state index contributed by atoms with van der Waals surface area (Å²) >= 11 is 1.58. The molecule has 4 rings (SSSR count). The van der Waals surface area contributed by atoms with Crippen LogP contribution in [0.5, 0.6) is 0 Å². The van der Waals surface area contributed by atoms with Gasteiger partial charge in [-0.25, -0.2) is 4.98 Å². The van der Waals surface area contributed by atoms with Crippen LogP contribution in [0, 0.1) is 5.21 Å². The summed E-state index contributed by atoms with van der Waals surface area (Å²) in [5, 5.41) is 21.6. The van der Waals surface area contributed by atoms with Crippen LogP contribution >= 0.6 is 11.3 Å². The third-order valence-electron chi connectivity index (χ3n) is 3.43. The van der Waals surface area contributed by atoms with E-state index in [2.05, 4.69) is 9.38 Å². The highest BCUT2D eigenvalue weighted by Gasteiger charge is 2.11. The number of nitrogens with zero attached hydrogens (tertiary/aromatic N) is 3. The second-order valence-electron chi connectivity index (χ2n) is 4.66. The average Bonchev–Trinajstić information content (AvgIpc) is 3.06. The zero-order chi connectivity index (χ0) is 14.4. The van der Waals surface area contributed by atoms with Crippen LogP contribution in [0.25, 0.3) is 27.3 Å². The summed E-state index contributed by atoms with van der Waals surface area (Å²) in [5.41, 5.74) is 4.21. The van der Waals surface area contributed by atoms with Gasteiger partial charge in [0.2, 0.25) is 0 Å². The third-order valence-corrected chi connectivity index (χ3v) is 4.26. The number of anilines is 1. The van der Waals surface area contributed by atoms with Crippen molar-refractivity contribution in [3.8, 4) is 11.3 Å². The van der Waals surface area contributed by atoms with Gasteiger partial charge in [0.15, 0.2) is 4.96 Å². The molecule has 0 saturated heterocycles. The van der Waals surface area contributed by atoms with Crippen molar-refractivity contribution in [3.05, 3.63) is 59.1 Å². The van der Waals surface area contributed by atoms with Crippen LogP contribution in [-0.4, -0.2) is 14.6 Å². The molecule has 0 fully saturated rings. The molecule has 4 aromatic rings. The molecule has 2 aromatic heterocycles. The predicted molar refractivity (Wildman–Crippen MR) is 83.6 cm³/mol. The lowest BCUT2D eigenvalue weighted by atomic mass is 10.1. The third kappa shape index (κ3) is 1.89. The molecule has 0 aliphatic carbocycles. The zero-order valence-electron chi connectivity index (χ0n) is 10.8. The molecule has 0 radical (unpaired) electrons. The molecular formula is C15H10N3O2S-. The van der Waals surface area contributed by atoms with Gasteiger partial charge < -0.3 is 10.4 Å². The Morgan fingerprint density at radius 3 is 2.62 bits per heavy atom. The molecule has 6 heteroatoms. The molecule has 0 aliphatic heterocycles. The summed E-state index contributed by atoms with van der Waals surface area (Å²) in [5.74, 6) is 0. The largest absolute Gasteiger partial charge is 0.733 e. The van der Waals surface area contributed by atoms with Crippen molar-refractivity contribution in [2.24, 2.45) is 0 Å². The van der Waals surface area contributed by atoms with Crippen molar-refractivity contribution < 1.29 is 5.21 Å². The Morgan fingerprint density at radius 2 is 1.86 bits per heavy atom. The molecule has 0 saturated carbocycles. The van der Waals surface area contributed by atoms with Gasteiger partial charge in [-0.1, -0.05) is 24.3 Å². The van der Waals surface area contributed by atoms with Gasteiger partial charge in [-0.3, -0.25) is 9.61 Å². The number of imidazole rings is 1. The molecule has 0 bridgehead atoms. The number of hydrogen-bond acceptors (Lipinski definition) is 5. The van der Waals surface area contributed by atoms with Crippen molar-refractivity contribution in [2.45, 2.75) is 0 Å². The van der Waals surface area contributed by atoms with Gasteiger partial charge in [-0.2, -0.15) is 0 Å². The van der Waals surface area contributed by atoms with Crippen LogP contribution in [0.15, 0.2) is 53.9 Å². The number of fused-ring (bicyclic) bond motifs is 3. The van der Waals surface area contributed by atoms with E-state index in [-0.39, 0.29) is 10.9 Å². The lowest BCUT2D eigenvalue weighted by Gasteiger charge is -2.21. The Morgan fingerprint density at radius 1 is 1.10 bits per heavy atom. The van der Waals surface area contributed by atoms with E-state index in [1.54, 1.807) is 23.5 Å². The van der Waals surface area contributed by atoms with Gasteiger partial charge in [-0.05, 0) is 29.8 Å². The molecule has 0 aliphatic rings. The van der Waals surface area contributed by atoms with Crippen LogP contribution in [-0.2, 0) is 0 Å². The monoisotopic (exact) mass is 296 g/mol. The van der Waals surface area contributed by atoms with Crippen LogP contribution < -0.4 is 5.23 Å². The maximum absolute atomic E-state index is 10.8. The highest BCUT2D eigenvalue weighted by molar-refractivity contribution is 7.15. The van der Waals surface area contributed by atoms with E-state index in [1.165, 1.54) is 0 Å². The van der Waals surface area contributed by atoms with E-state index < -0.39 is 0 Å². The zero-order valence-corrected chi connectivity index (χ0v) is 11.6.